The largest absolute Gasteiger partial charge is 0.361 e. The highest BCUT2D eigenvalue weighted by Crippen LogP contribution is 2.17. The van der Waals surface area contributed by atoms with Gasteiger partial charge >= 0.3 is 0 Å². The number of nitrogens with zero attached hydrogens (tertiary/aromatic N) is 2. The van der Waals surface area contributed by atoms with Crippen LogP contribution in [0.1, 0.15) is 17.0 Å². The van der Waals surface area contributed by atoms with E-state index >= 15 is 0 Å². The molecule has 2 N–H and O–H groups in total. The number of carbonyl (C=O) groups excluding carboxylic acids is 1. The predicted molar refractivity (Wildman–Crippen MR) is 106 cm³/mol. The van der Waals surface area contributed by atoms with Gasteiger partial charge in [0.2, 0.25) is 5.91 Å². The van der Waals surface area contributed by atoms with Crippen LogP contribution in [0.5, 0.6) is 0 Å². The molecule has 0 aliphatic rings. The van der Waals surface area contributed by atoms with Crippen molar-refractivity contribution in [2.75, 3.05) is 6.54 Å². The van der Waals surface area contributed by atoms with Crippen LogP contribution >= 0.6 is 0 Å². The first-order chi connectivity index (χ1) is 13.3. The Labute approximate surface area is 158 Å². The molecule has 0 spiro atoms. The molecule has 5 heteroatoms. The van der Waals surface area contributed by atoms with Crippen LogP contribution in [0.2, 0.25) is 0 Å². The lowest BCUT2D eigenvalue weighted by Gasteiger charge is -2.09. The SMILES string of the molecule is O=C(Cc1c[nH]c2ccccc12)NCCc1nccn1Cc1ccccc1. The first kappa shape index (κ1) is 17.1. The number of H-pyrrole nitrogens is 1. The van der Waals surface area contributed by atoms with Gasteiger partial charge < -0.3 is 14.9 Å². The molecule has 0 bridgehead atoms. The summed E-state index contributed by atoms with van der Waals surface area (Å²) >= 11 is 0. The minimum atomic E-state index is 0.0286. The van der Waals surface area contributed by atoms with E-state index in [1.807, 2.05) is 61.1 Å². The van der Waals surface area contributed by atoms with Crippen LogP contribution in [0.25, 0.3) is 10.9 Å². The molecule has 0 saturated heterocycles. The third kappa shape index (κ3) is 4.08. The molecule has 0 radical (unpaired) electrons. The van der Waals surface area contributed by atoms with E-state index in [-0.39, 0.29) is 5.91 Å². The van der Waals surface area contributed by atoms with Crippen molar-refractivity contribution in [2.24, 2.45) is 0 Å². The summed E-state index contributed by atoms with van der Waals surface area (Å²) < 4.78 is 2.13. The van der Waals surface area contributed by atoms with Crippen molar-refractivity contribution in [2.45, 2.75) is 19.4 Å². The Kier molecular flexibility index (Phi) is 5.01. The monoisotopic (exact) mass is 358 g/mol. The fourth-order valence-corrected chi connectivity index (χ4v) is 3.32. The van der Waals surface area contributed by atoms with Crippen molar-refractivity contribution in [3.63, 3.8) is 0 Å². The Balaban J connectivity index is 1.31. The standard InChI is InChI=1S/C22H22N4O/c27-22(14-18-15-25-20-9-5-4-8-19(18)20)24-11-10-21-23-12-13-26(21)16-17-6-2-1-3-7-17/h1-9,12-13,15,25H,10-11,14,16H2,(H,24,27). The van der Waals surface area contributed by atoms with Crippen LogP contribution in [-0.2, 0) is 24.2 Å². The van der Waals surface area contributed by atoms with Crippen LogP contribution < -0.4 is 5.32 Å². The van der Waals surface area contributed by atoms with E-state index in [1.165, 1.54) is 5.56 Å². The maximum Gasteiger partial charge on any atom is 0.224 e. The van der Waals surface area contributed by atoms with E-state index in [2.05, 4.69) is 32.0 Å². The molecule has 0 saturated carbocycles. The molecule has 2 aromatic heterocycles. The molecule has 0 aliphatic carbocycles. The van der Waals surface area contributed by atoms with Gasteiger partial charge in [0.15, 0.2) is 0 Å². The number of aromatic nitrogens is 3. The molecule has 0 atom stereocenters. The summed E-state index contributed by atoms with van der Waals surface area (Å²) in [6.07, 6.45) is 6.79. The van der Waals surface area contributed by atoms with Crippen LogP contribution in [0, 0.1) is 0 Å². The van der Waals surface area contributed by atoms with Gasteiger partial charge in [-0.2, -0.15) is 0 Å². The van der Waals surface area contributed by atoms with Crippen LogP contribution in [0.3, 0.4) is 0 Å². The second-order valence-corrected chi connectivity index (χ2v) is 6.59. The quantitative estimate of drug-likeness (QED) is 0.532. The topological polar surface area (TPSA) is 62.7 Å². The fraction of sp³-hybridized carbons (Fsp3) is 0.182. The van der Waals surface area contributed by atoms with Crippen LogP contribution in [0.15, 0.2) is 73.2 Å². The number of para-hydroxylation sites is 1. The second-order valence-electron chi connectivity index (χ2n) is 6.59. The zero-order valence-electron chi connectivity index (χ0n) is 15.1. The molecule has 4 rings (SSSR count). The lowest BCUT2D eigenvalue weighted by atomic mass is 10.1. The van der Waals surface area contributed by atoms with Gasteiger partial charge in [-0.1, -0.05) is 48.5 Å². The highest BCUT2D eigenvalue weighted by Gasteiger charge is 2.09. The van der Waals surface area contributed by atoms with Gasteiger partial charge in [-0.25, -0.2) is 4.98 Å². The van der Waals surface area contributed by atoms with E-state index < -0.39 is 0 Å². The first-order valence-electron chi connectivity index (χ1n) is 9.15. The van der Waals surface area contributed by atoms with Gasteiger partial charge in [-0.3, -0.25) is 4.79 Å². The predicted octanol–water partition coefficient (Wildman–Crippen LogP) is 3.31. The summed E-state index contributed by atoms with van der Waals surface area (Å²) in [6, 6.07) is 18.3. The number of fused-ring (bicyclic) bond motifs is 1. The lowest BCUT2D eigenvalue weighted by Crippen LogP contribution is -2.27. The van der Waals surface area contributed by atoms with E-state index in [1.54, 1.807) is 0 Å². The maximum atomic E-state index is 12.3. The Morgan fingerprint density at radius 3 is 2.78 bits per heavy atom. The summed E-state index contributed by atoms with van der Waals surface area (Å²) in [5, 5.41) is 4.11. The minimum Gasteiger partial charge on any atom is -0.361 e. The zero-order chi connectivity index (χ0) is 18.5. The molecule has 0 fully saturated rings. The maximum absolute atomic E-state index is 12.3. The molecule has 4 aromatic rings. The Morgan fingerprint density at radius 2 is 1.89 bits per heavy atom. The van der Waals surface area contributed by atoms with Crippen molar-refractivity contribution >= 4 is 16.8 Å². The summed E-state index contributed by atoms with van der Waals surface area (Å²) in [7, 11) is 0. The number of hydrogen-bond donors (Lipinski definition) is 2. The van der Waals surface area contributed by atoms with Gasteiger partial charge in [0.05, 0.1) is 6.42 Å². The van der Waals surface area contributed by atoms with Crippen molar-refractivity contribution in [1.29, 1.82) is 0 Å². The van der Waals surface area contributed by atoms with E-state index in [0.717, 1.165) is 28.8 Å². The van der Waals surface area contributed by atoms with E-state index in [9.17, 15) is 4.79 Å². The number of nitrogens with one attached hydrogen (secondary N) is 2. The molecular formula is C22H22N4O. The molecule has 27 heavy (non-hydrogen) atoms. The lowest BCUT2D eigenvalue weighted by molar-refractivity contribution is -0.120. The van der Waals surface area contributed by atoms with Gasteiger partial charge in [-0.15, -0.1) is 0 Å². The van der Waals surface area contributed by atoms with Gasteiger partial charge in [0.25, 0.3) is 0 Å². The number of amides is 1. The summed E-state index contributed by atoms with van der Waals surface area (Å²) in [4.78, 5) is 19.9. The molecule has 136 valence electrons. The Morgan fingerprint density at radius 1 is 1.07 bits per heavy atom. The summed E-state index contributed by atoms with van der Waals surface area (Å²) in [5.74, 6) is 1.01. The second kappa shape index (κ2) is 7.91. The Bertz CT molecular complexity index is 1030. The highest BCUT2D eigenvalue weighted by molar-refractivity contribution is 5.88. The third-order valence-corrected chi connectivity index (χ3v) is 4.69. The molecule has 0 unspecified atom stereocenters. The van der Waals surface area contributed by atoms with Gasteiger partial charge in [0, 0.05) is 49.0 Å². The first-order valence-corrected chi connectivity index (χ1v) is 9.15. The van der Waals surface area contributed by atoms with Crippen LogP contribution in [0.4, 0.5) is 0 Å². The number of benzene rings is 2. The average molecular weight is 358 g/mol. The third-order valence-electron chi connectivity index (χ3n) is 4.69. The molecule has 1 amide bonds. The molecule has 0 aliphatic heterocycles. The van der Waals surface area contributed by atoms with Crippen molar-refractivity contribution < 1.29 is 4.79 Å². The normalized spacial score (nSPS) is 11.0. The summed E-state index contributed by atoms with van der Waals surface area (Å²) in [5.41, 5.74) is 3.32. The zero-order valence-corrected chi connectivity index (χ0v) is 15.1. The molecule has 2 heterocycles. The Hall–Kier alpha value is -3.34. The molecule has 5 nitrogen and oxygen atoms in total. The van der Waals surface area contributed by atoms with E-state index in [0.29, 0.717) is 19.4 Å². The van der Waals surface area contributed by atoms with E-state index in [4.69, 9.17) is 0 Å². The number of imidazole rings is 1. The number of aromatic amines is 1. The molecule has 2 aromatic carbocycles. The van der Waals surface area contributed by atoms with Gasteiger partial charge in [-0.05, 0) is 17.2 Å². The smallest absolute Gasteiger partial charge is 0.224 e. The van der Waals surface area contributed by atoms with Crippen LogP contribution in [-0.4, -0.2) is 27.0 Å². The fourth-order valence-electron chi connectivity index (χ4n) is 3.32. The average Bonchev–Trinajstić information content (AvgIpc) is 3.30. The molecular weight excluding hydrogens is 336 g/mol. The van der Waals surface area contributed by atoms with Crippen molar-refractivity contribution in [3.8, 4) is 0 Å². The minimum absolute atomic E-state index is 0.0286. The number of carbonyl (C=O) groups is 1. The van der Waals surface area contributed by atoms with Crippen molar-refractivity contribution in [1.82, 2.24) is 19.9 Å². The van der Waals surface area contributed by atoms with Crippen molar-refractivity contribution in [3.05, 3.63) is 90.1 Å². The summed E-state index contributed by atoms with van der Waals surface area (Å²) in [6.45, 7) is 1.37. The number of rotatable bonds is 7. The number of hydrogen-bond acceptors (Lipinski definition) is 2. The highest BCUT2D eigenvalue weighted by atomic mass is 16.1. The van der Waals surface area contributed by atoms with Gasteiger partial charge in [0.1, 0.15) is 5.82 Å².